The number of fused-ring (bicyclic) bond motifs is 3. The fraction of sp³-hybridized carbons (Fsp3) is 0.444. The summed E-state index contributed by atoms with van der Waals surface area (Å²) < 4.78 is 5.57. The Kier molecular flexibility index (Phi) is 6.26. The van der Waals surface area contributed by atoms with E-state index in [-0.39, 0.29) is 48.6 Å². The molecule has 5 rings (SSSR count). The molecular formula is C27H30N2O5. The number of ether oxygens (including phenoxy) is 1. The number of hydrogen-bond acceptors (Lipinski definition) is 4. The third-order valence-corrected chi connectivity index (χ3v) is 7.46. The Hall–Kier alpha value is -3.35. The summed E-state index contributed by atoms with van der Waals surface area (Å²) in [4.78, 5) is 35.7. The first-order chi connectivity index (χ1) is 16.5. The molecule has 0 aromatic heterocycles. The molecule has 2 aromatic carbocycles. The van der Waals surface area contributed by atoms with E-state index in [2.05, 4.69) is 34.9 Å². The van der Waals surface area contributed by atoms with E-state index in [0.717, 1.165) is 25.7 Å². The summed E-state index contributed by atoms with van der Waals surface area (Å²) in [7, 11) is 0. The van der Waals surface area contributed by atoms with Crippen LogP contribution >= 0.6 is 0 Å². The third-order valence-electron chi connectivity index (χ3n) is 7.46. The number of amides is 2. The number of nitrogens with one attached hydrogen (secondary N) is 2. The molecule has 3 aliphatic rings. The van der Waals surface area contributed by atoms with Gasteiger partial charge in [-0.05, 0) is 59.8 Å². The fourth-order valence-corrected chi connectivity index (χ4v) is 5.60. The average Bonchev–Trinajstić information content (AvgIpc) is 3.38. The third kappa shape index (κ3) is 4.79. The maximum atomic E-state index is 12.5. The largest absolute Gasteiger partial charge is 0.481 e. The van der Waals surface area contributed by atoms with E-state index in [1.807, 2.05) is 24.3 Å². The number of aliphatic carboxylic acids is 1. The lowest BCUT2D eigenvalue weighted by Crippen LogP contribution is -2.35. The molecule has 0 radical (unpaired) electrons. The number of carbonyl (C=O) groups excluding carboxylic acids is 2. The van der Waals surface area contributed by atoms with Crippen molar-refractivity contribution in [3.05, 3.63) is 59.7 Å². The summed E-state index contributed by atoms with van der Waals surface area (Å²) in [6.45, 7) is 0.689. The van der Waals surface area contributed by atoms with Gasteiger partial charge in [-0.25, -0.2) is 4.79 Å². The predicted octanol–water partition coefficient (Wildman–Crippen LogP) is 3.92. The van der Waals surface area contributed by atoms with Crippen LogP contribution in [0.25, 0.3) is 11.1 Å². The molecule has 2 saturated carbocycles. The van der Waals surface area contributed by atoms with Crippen LogP contribution in [0.4, 0.5) is 4.79 Å². The van der Waals surface area contributed by atoms with Crippen molar-refractivity contribution < 1.29 is 24.2 Å². The van der Waals surface area contributed by atoms with Crippen molar-refractivity contribution in [2.24, 2.45) is 17.8 Å². The summed E-state index contributed by atoms with van der Waals surface area (Å²) in [5, 5.41) is 14.8. The van der Waals surface area contributed by atoms with Crippen LogP contribution in [-0.4, -0.2) is 42.3 Å². The first-order valence-corrected chi connectivity index (χ1v) is 12.1. The lowest BCUT2D eigenvalue weighted by molar-refractivity contribution is -0.138. The van der Waals surface area contributed by atoms with Crippen LogP contribution in [0, 0.1) is 17.8 Å². The number of carboxylic acids is 1. The normalized spacial score (nSPS) is 24.7. The van der Waals surface area contributed by atoms with Crippen molar-refractivity contribution in [1.82, 2.24) is 10.6 Å². The van der Waals surface area contributed by atoms with Gasteiger partial charge in [-0.1, -0.05) is 48.5 Å². The van der Waals surface area contributed by atoms with Crippen LogP contribution in [0.3, 0.4) is 0 Å². The van der Waals surface area contributed by atoms with Crippen molar-refractivity contribution in [2.45, 2.75) is 44.1 Å². The van der Waals surface area contributed by atoms with E-state index < -0.39 is 12.1 Å². The SMILES string of the molecule is O=C(O)C[C@@H]1CC[C@H](NC(=O)[C@@H]2C[C@@H]2CNC(=O)OCC2c3ccccc3-c3ccccc32)C1. The van der Waals surface area contributed by atoms with Gasteiger partial charge in [0.15, 0.2) is 0 Å². The number of hydrogen-bond donors (Lipinski definition) is 3. The lowest BCUT2D eigenvalue weighted by atomic mass is 9.98. The van der Waals surface area contributed by atoms with Gasteiger partial charge in [0.05, 0.1) is 0 Å². The maximum absolute atomic E-state index is 12.5. The Morgan fingerprint density at radius 2 is 1.62 bits per heavy atom. The molecular weight excluding hydrogens is 432 g/mol. The lowest BCUT2D eigenvalue weighted by Gasteiger charge is -2.15. The smallest absolute Gasteiger partial charge is 0.407 e. The van der Waals surface area contributed by atoms with Crippen LogP contribution in [0.5, 0.6) is 0 Å². The van der Waals surface area contributed by atoms with Crippen LogP contribution in [0.15, 0.2) is 48.5 Å². The van der Waals surface area contributed by atoms with Gasteiger partial charge >= 0.3 is 12.1 Å². The molecule has 0 spiro atoms. The van der Waals surface area contributed by atoms with Crippen LogP contribution in [0.2, 0.25) is 0 Å². The Morgan fingerprint density at radius 3 is 2.29 bits per heavy atom. The molecule has 7 nitrogen and oxygen atoms in total. The van der Waals surface area contributed by atoms with E-state index >= 15 is 0 Å². The molecule has 34 heavy (non-hydrogen) atoms. The minimum atomic E-state index is -0.779. The Balaban J connectivity index is 1.05. The topological polar surface area (TPSA) is 105 Å². The highest BCUT2D eigenvalue weighted by Crippen LogP contribution is 2.44. The summed E-state index contributed by atoms with van der Waals surface area (Å²) >= 11 is 0. The van der Waals surface area contributed by atoms with Gasteiger partial charge in [0, 0.05) is 30.8 Å². The van der Waals surface area contributed by atoms with Crippen molar-refractivity contribution in [2.75, 3.05) is 13.2 Å². The number of carboxylic acid groups (broad SMARTS) is 1. The number of rotatable bonds is 8. The minimum Gasteiger partial charge on any atom is -0.481 e. The summed E-state index contributed by atoms with van der Waals surface area (Å²) in [5.41, 5.74) is 4.73. The summed E-state index contributed by atoms with van der Waals surface area (Å²) in [6, 6.07) is 16.5. The molecule has 178 valence electrons. The van der Waals surface area contributed by atoms with Gasteiger partial charge in [-0.3, -0.25) is 9.59 Å². The first-order valence-electron chi connectivity index (χ1n) is 12.1. The molecule has 0 saturated heterocycles. The van der Waals surface area contributed by atoms with Crippen LogP contribution < -0.4 is 10.6 Å². The Labute approximate surface area is 198 Å². The monoisotopic (exact) mass is 462 g/mol. The molecule has 0 bridgehead atoms. The van der Waals surface area contributed by atoms with E-state index in [4.69, 9.17) is 9.84 Å². The second-order valence-corrected chi connectivity index (χ2v) is 9.79. The highest BCUT2D eigenvalue weighted by atomic mass is 16.5. The van der Waals surface area contributed by atoms with Crippen molar-refractivity contribution in [3.63, 3.8) is 0 Å². The molecule has 3 N–H and O–H groups in total. The van der Waals surface area contributed by atoms with Gasteiger partial charge in [-0.2, -0.15) is 0 Å². The zero-order valence-corrected chi connectivity index (χ0v) is 19.0. The molecule has 0 unspecified atom stereocenters. The van der Waals surface area contributed by atoms with Gasteiger partial charge in [-0.15, -0.1) is 0 Å². The zero-order chi connectivity index (χ0) is 23.7. The molecule has 2 fully saturated rings. The molecule has 2 aromatic rings. The summed E-state index contributed by atoms with van der Waals surface area (Å²) in [6.07, 6.45) is 2.87. The van der Waals surface area contributed by atoms with E-state index in [0.29, 0.717) is 6.54 Å². The molecule has 0 aliphatic heterocycles. The van der Waals surface area contributed by atoms with E-state index in [1.54, 1.807) is 0 Å². The second-order valence-electron chi connectivity index (χ2n) is 9.79. The van der Waals surface area contributed by atoms with Crippen molar-refractivity contribution in [3.8, 4) is 11.1 Å². The van der Waals surface area contributed by atoms with Crippen molar-refractivity contribution >= 4 is 18.0 Å². The average molecular weight is 463 g/mol. The van der Waals surface area contributed by atoms with Gasteiger partial charge in [0.2, 0.25) is 5.91 Å². The summed E-state index contributed by atoms with van der Waals surface area (Å²) in [5.74, 6) is -0.565. The predicted molar refractivity (Wildman–Crippen MR) is 126 cm³/mol. The molecule has 7 heteroatoms. The van der Waals surface area contributed by atoms with Crippen molar-refractivity contribution in [1.29, 1.82) is 0 Å². The molecule has 0 heterocycles. The quantitative estimate of drug-likeness (QED) is 0.552. The van der Waals surface area contributed by atoms with Gasteiger partial charge < -0.3 is 20.5 Å². The van der Waals surface area contributed by atoms with Gasteiger partial charge in [0.25, 0.3) is 0 Å². The first kappa shape index (κ1) is 22.4. The Bertz CT molecular complexity index is 1050. The molecule has 3 aliphatic carbocycles. The standard InChI is InChI=1S/C27H30N2O5/c30-25(31)12-16-9-10-18(11-16)29-26(32)23-13-17(23)14-28-27(33)34-15-24-21-7-3-1-5-19(21)20-6-2-4-8-22(20)24/h1-8,16-18,23-24H,9-15H2,(H,28,33)(H,29,32)(H,30,31)/t16-,17-,18+,23-/m1/s1. The Morgan fingerprint density at radius 1 is 0.941 bits per heavy atom. The van der Waals surface area contributed by atoms with E-state index in [9.17, 15) is 14.4 Å². The maximum Gasteiger partial charge on any atom is 0.407 e. The highest BCUT2D eigenvalue weighted by molar-refractivity contribution is 5.82. The number of carbonyl (C=O) groups is 3. The van der Waals surface area contributed by atoms with Crippen LogP contribution in [0.1, 0.15) is 49.1 Å². The molecule has 4 atom stereocenters. The molecule has 2 amide bonds. The zero-order valence-electron chi connectivity index (χ0n) is 19.0. The second kappa shape index (κ2) is 9.49. The number of benzene rings is 2. The number of alkyl carbamates (subject to hydrolysis) is 1. The highest BCUT2D eigenvalue weighted by Gasteiger charge is 2.44. The fourth-order valence-electron chi connectivity index (χ4n) is 5.60. The van der Waals surface area contributed by atoms with Crippen LogP contribution in [-0.2, 0) is 14.3 Å². The van der Waals surface area contributed by atoms with E-state index in [1.165, 1.54) is 22.3 Å². The van der Waals surface area contributed by atoms with Gasteiger partial charge in [0.1, 0.15) is 6.61 Å². The minimum absolute atomic E-state index is 0.0142.